The summed E-state index contributed by atoms with van der Waals surface area (Å²) in [6, 6.07) is 11.3. The van der Waals surface area contributed by atoms with E-state index in [1.165, 1.54) is 18.2 Å². The summed E-state index contributed by atoms with van der Waals surface area (Å²) in [6.07, 6.45) is -0.230. The van der Waals surface area contributed by atoms with Crippen LogP contribution in [0.25, 0.3) is 0 Å². The lowest BCUT2D eigenvalue weighted by molar-refractivity contribution is -0.385. The van der Waals surface area contributed by atoms with E-state index in [4.69, 9.17) is 4.74 Å². The molecule has 1 N–H and O–H groups in total. The van der Waals surface area contributed by atoms with Gasteiger partial charge in [-0.05, 0) is 30.2 Å². The maximum Gasteiger partial charge on any atom is 0.282 e. The zero-order chi connectivity index (χ0) is 19.6. The Kier molecular flexibility index (Phi) is 5.18. The molecule has 140 valence electrons. The number of hydrogen-bond acceptors (Lipinski definition) is 6. The van der Waals surface area contributed by atoms with Gasteiger partial charge in [0.2, 0.25) is 0 Å². The molecule has 0 bridgehead atoms. The topological polar surface area (TPSA) is 110 Å². The molecule has 0 aromatic heterocycles. The first-order valence-corrected chi connectivity index (χ1v) is 8.45. The van der Waals surface area contributed by atoms with Crippen LogP contribution in [0.4, 0.5) is 5.69 Å². The van der Waals surface area contributed by atoms with Crippen molar-refractivity contribution < 1.29 is 24.4 Å². The van der Waals surface area contributed by atoms with Crippen LogP contribution in [0.5, 0.6) is 5.75 Å². The van der Waals surface area contributed by atoms with Gasteiger partial charge in [-0.2, -0.15) is 0 Å². The average Bonchev–Trinajstić information content (AvgIpc) is 2.91. The van der Waals surface area contributed by atoms with E-state index < -0.39 is 28.5 Å². The molecule has 27 heavy (non-hydrogen) atoms. The van der Waals surface area contributed by atoms with E-state index in [2.05, 4.69) is 0 Å². The summed E-state index contributed by atoms with van der Waals surface area (Å²) in [5.41, 5.74) is 0.457. The predicted molar refractivity (Wildman–Crippen MR) is 95.8 cm³/mol. The first-order chi connectivity index (χ1) is 12.9. The third-order valence-electron chi connectivity index (χ3n) is 4.34. The van der Waals surface area contributed by atoms with Crippen LogP contribution in [0.3, 0.4) is 0 Å². The van der Waals surface area contributed by atoms with Crippen LogP contribution in [0.1, 0.15) is 33.2 Å². The molecular weight excluding hydrogens is 352 g/mol. The molecule has 0 radical (unpaired) electrons. The second kappa shape index (κ2) is 7.55. The van der Waals surface area contributed by atoms with E-state index >= 15 is 0 Å². The third kappa shape index (κ3) is 3.65. The zero-order valence-corrected chi connectivity index (χ0v) is 14.6. The van der Waals surface area contributed by atoms with Gasteiger partial charge >= 0.3 is 0 Å². The number of hydrogen-bond donors (Lipinski definition) is 1. The first-order valence-electron chi connectivity index (χ1n) is 8.45. The number of rotatable bonds is 7. The highest BCUT2D eigenvalue weighted by molar-refractivity contribution is 6.23. The summed E-state index contributed by atoms with van der Waals surface area (Å²) in [4.78, 5) is 36.1. The number of fused-ring (bicyclic) bond motifs is 1. The van der Waals surface area contributed by atoms with Crippen molar-refractivity contribution in [2.45, 2.75) is 19.4 Å². The standard InChI is InChI=1S/C19H18N2O6/c1-2-12-6-8-14(9-7-12)27-11-13(22)10-20-18(23)15-4-3-5-16(21(25)26)17(15)19(20)24/h3-9,13,22H,2,10-11H2,1H3/t13-/m0/s1. The number of nitrogens with zero attached hydrogens (tertiary/aromatic N) is 2. The number of aliphatic hydroxyl groups excluding tert-OH is 1. The summed E-state index contributed by atoms with van der Waals surface area (Å²) >= 11 is 0. The number of aliphatic hydroxyl groups is 1. The highest BCUT2D eigenvalue weighted by Crippen LogP contribution is 2.30. The normalized spacial score (nSPS) is 14.2. The number of carbonyl (C=O) groups excluding carboxylic acids is 2. The summed E-state index contributed by atoms with van der Waals surface area (Å²) in [7, 11) is 0. The molecule has 0 spiro atoms. The van der Waals surface area contributed by atoms with Crippen molar-refractivity contribution in [2.24, 2.45) is 0 Å². The fourth-order valence-electron chi connectivity index (χ4n) is 2.91. The van der Waals surface area contributed by atoms with Crippen LogP contribution in [0.15, 0.2) is 42.5 Å². The lowest BCUT2D eigenvalue weighted by Crippen LogP contribution is -2.39. The molecule has 1 aliphatic rings. The quantitative estimate of drug-likeness (QED) is 0.454. The molecule has 0 aliphatic carbocycles. The van der Waals surface area contributed by atoms with Gasteiger partial charge in [0.15, 0.2) is 0 Å². The molecule has 1 atom stereocenters. The van der Waals surface area contributed by atoms with Crippen molar-refractivity contribution in [3.63, 3.8) is 0 Å². The van der Waals surface area contributed by atoms with Crippen LogP contribution in [-0.4, -0.2) is 46.0 Å². The molecule has 0 saturated carbocycles. The van der Waals surface area contributed by atoms with Gasteiger partial charge in [-0.25, -0.2) is 0 Å². The van der Waals surface area contributed by atoms with E-state index in [0.29, 0.717) is 5.75 Å². The SMILES string of the molecule is CCc1ccc(OC[C@@H](O)CN2C(=O)c3cccc([N+](=O)[O-])c3C2=O)cc1. The molecule has 0 saturated heterocycles. The second-order valence-corrected chi connectivity index (χ2v) is 6.14. The van der Waals surface area contributed by atoms with Crippen LogP contribution in [0.2, 0.25) is 0 Å². The Morgan fingerprint density at radius 1 is 1.15 bits per heavy atom. The molecule has 2 aromatic carbocycles. The number of carbonyl (C=O) groups is 2. The predicted octanol–water partition coefficient (Wildman–Crippen LogP) is 2.19. The maximum absolute atomic E-state index is 12.5. The molecule has 8 nitrogen and oxygen atoms in total. The number of amides is 2. The highest BCUT2D eigenvalue weighted by atomic mass is 16.6. The van der Waals surface area contributed by atoms with Gasteiger partial charge in [0.25, 0.3) is 17.5 Å². The van der Waals surface area contributed by atoms with Crippen LogP contribution in [-0.2, 0) is 6.42 Å². The number of nitro benzene ring substituents is 1. The Morgan fingerprint density at radius 3 is 2.48 bits per heavy atom. The Labute approximate surface area is 155 Å². The largest absolute Gasteiger partial charge is 0.491 e. The lowest BCUT2D eigenvalue weighted by atomic mass is 10.1. The Hall–Kier alpha value is -3.26. The van der Waals surface area contributed by atoms with Crippen LogP contribution >= 0.6 is 0 Å². The molecule has 2 amide bonds. The molecule has 0 unspecified atom stereocenters. The number of β-amino-alcohol motifs (C(OH)–C–C–N with tert-alkyl or cyclic N) is 1. The van der Waals surface area contributed by atoms with Crippen molar-refractivity contribution in [1.82, 2.24) is 4.90 Å². The van der Waals surface area contributed by atoms with Crippen LogP contribution < -0.4 is 4.74 Å². The number of benzene rings is 2. The molecule has 2 aromatic rings. The lowest BCUT2D eigenvalue weighted by Gasteiger charge is -2.18. The van der Waals surface area contributed by atoms with Crippen molar-refractivity contribution in [3.05, 3.63) is 69.3 Å². The molecule has 1 aliphatic heterocycles. The van der Waals surface area contributed by atoms with Crippen molar-refractivity contribution >= 4 is 17.5 Å². The Balaban J connectivity index is 1.67. The monoisotopic (exact) mass is 370 g/mol. The van der Waals surface area contributed by atoms with E-state index in [1.54, 1.807) is 12.1 Å². The summed E-state index contributed by atoms with van der Waals surface area (Å²) in [5, 5.41) is 21.3. The van der Waals surface area contributed by atoms with E-state index in [-0.39, 0.29) is 24.3 Å². The highest BCUT2D eigenvalue weighted by Gasteiger charge is 2.41. The van der Waals surface area contributed by atoms with Gasteiger partial charge < -0.3 is 9.84 Å². The van der Waals surface area contributed by atoms with Gasteiger partial charge in [-0.1, -0.05) is 25.1 Å². The number of imide groups is 1. The molecule has 8 heteroatoms. The maximum atomic E-state index is 12.5. The van der Waals surface area contributed by atoms with Crippen LogP contribution in [0, 0.1) is 10.1 Å². The van der Waals surface area contributed by atoms with Crippen molar-refractivity contribution in [3.8, 4) is 5.75 Å². The third-order valence-corrected chi connectivity index (χ3v) is 4.34. The fourth-order valence-corrected chi connectivity index (χ4v) is 2.91. The fraction of sp³-hybridized carbons (Fsp3) is 0.263. The van der Waals surface area contributed by atoms with E-state index in [0.717, 1.165) is 16.9 Å². The molecule has 0 fully saturated rings. The van der Waals surface area contributed by atoms with Gasteiger partial charge in [-0.3, -0.25) is 24.6 Å². The summed E-state index contributed by atoms with van der Waals surface area (Å²) in [6.45, 7) is 1.60. The zero-order valence-electron chi connectivity index (χ0n) is 14.6. The van der Waals surface area contributed by atoms with E-state index in [9.17, 15) is 24.8 Å². The second-order valence-electron chi connectivity index (χ2n) is 6.14. The first kappa shape index (κ1) is 18.5. The minimum Gasteiger partial charge on any atom is -0.491 e. The minimum atomic E-state index is -1.13. The summed E-state index contributed by atoms with van der Waals surface area (Å²) in [5.74, 6) is -0.886. The summed E-state index contributed by atoms with van der Waals surface area (Å²) < 4.78 is 5.48. The number of aryl methyl sites for hydroxylation is 1. The van der Waals surface area contributed by atoms with Gasteiger partial charge in [0, 0.05) is 6.07 Å². The van der Waals surface area contributed by atoms with Crippen molar-refractivity contribution in [2.75, 3.05) is 13.2 Å². The smallest absolute Gasteiger partial charge is 0.282 e. The van der Waals surface area contributed by atoms with Crippen molar-refractivity contribution in [1.29, 1.82) is 0 Å². The van der Waals surface area contributed by atoms with Gasteiger partial charge in [0.1, 0.15) is 24.0 Å². The Morgan fingerprint density at radius 2 is 1.85 bits per heavy atom. The van der Waals surface area contributed by atoms with E-state index in [1.807, 2.05) is 19.1 Å². The molecule has 1 heterocycles. The van der Waals surface area contributed by atoms with Gasteiger partial charge in [0.05, 0.1) is 17.0 Å². The number of ether oxygens (including phenoxy) is 1. The molecular formula is C19H18N2O6. The number of nitro groups is 1. The average molecular weight is 370 g/mol. The minimum absolute atomic E-state index is 0.0301. The van der Waals surface area contributed by atoms with Gasteiger partial charge in [-0.15, -0.1) is 0 Å². The molecule has 3 rings (SSSR count). The Bertz CT molecular complexity index is 894.